The van der Waals surface area contributed by atoms with Gasteiger partial charge in [0.05, 0.1) is 0 Å². The molecule has 0 amide bonds. The summed E-state index contributed by atoms with van der Waals surface area (Å²) in [7, 11) is 0. The molecule has 0 spiro atoms. The van der Waals surface area contributed by atoms with Gasteiger partial charge < -0.3 is 21.6 Å². The molecule has 2 rings (SSSR count). The van der Waals surface area contributed by atoms with Crippen LogP contribution in [0.2, 0.25) is 0 Å². The molecule has 0 aliphatic heterocycles. The Kier molecular flexibility index (Phi) is 3.85. The van der Waals surface area contributed by atoms with Crippen LogP contribution in [-0.2, 0) is 6.61 Å². The lowest BCUT2D eigenvalue weighted by atomic mass is 10.2. The highest BCUT2D eigenvalue weighted by Crippen LogP contribution is 2.30. The van der Waals surface area contributed by atoms with E-state index in [1.54, 1.807) is 0 Å². The number of anilines is 3. The van der Waals surface area contributed by atoms with E-state index in [1.165, 1.54) is 12.1 Å². The SMILES string of the molecule is NNc1nc(N)cc(OCc2ccc(F)cc2F)c1N. The number of benzene rings is 1. The molecule has 0 radical (unpaired) electrons. The third-order valence-electron chi connectivity index (χ3n) is 2.58. The monoisotopic (exact) mass is 281 g/mol. The highest BCUT2D eigenvalue weighted by molar-refractivity contribution is 5.71. The van der Waals surface area contributed by atoms with Crippen molar-refractivity contribution in [2.45, 2.75) is 6.61 Å². The van der Waals surface area contributed by atoms with E-state index in [2.05, 4.69) is 10.4 Å². The van der Waals surface area contributed by atoms with Gasteiger partial charge in [0.25, 0.3) is 0 Å². The summed E-state index contributed by atoms with van der Waals surface area (Å²) in [5, 5.41) is 0. The summed E-state index contributed by atoms with van der Waals surface area (Å²) >= 11 is 0. The Bertz CT molecular complexity index is 635. The van der Waals surface area contributed by atoms with Crippen molar-refractivity contribution in [2.24, 2.45) is 5.84 Å². The van der Waals surface area contributed by atoms with E-state index in [0.29, 0.717) is 0 Å². The molecule has 0 aliphatic carbocycles. The van der Waals surface area contributed by atoms with Crippen molar-refractivity contribution in [3.63, 3.8) is 0 Å². The third kappa shape index (κ3) is 2.86. The lowest BCUT2D eigenvalue weighted by molar-refractivity contribution is 0.301. The summed E-state index contributed by atoms with van der Waals surface area (Å²) in [5.74, 6) is 4.36. The van der Waals surface area contributed by atoms with Crippen LogP contribution in [0.25, 0.3) is 0 Å². The van der Waals surface area contributed by atoms with Gasteiger partial charge in [-0.05, 0) is 12.1 Å². The van der Waals surface area contributed by atoms with Crippen LogP contribution in [0.5, 0.6) is 5.75 Å². The van der Waals surface area contributed by atoms with Crippen LogP contribution < -0.4 is 27.5 Å². The molecule has 0 fully saturated rings. The van der Waals surface area contributed by atoms with Gasteiger partial charge in [0.2, 0.25) is 0 Å². The van der Waals surface area contributed by atoms with Crippen LogP contribution in [0.1, 0.15) is 5.56 Å². The predicted molar refractivity (Wildman–Crippen MR) is 71.6 cm³/mol. The molecule has 106 valence electrons. The van der Waals surface area contributed by atoms with Crippen molar-refractivity contribution in [3.05, 3.63) is 41.5 Å². The Labute approximate surface area is 113 Å². The first kappa shape index (κ1) is 13.8. The topological polar surface area (TPSA) is 112 Å². The maximum absolute atomic E-state index is 13.5. The van der Waals surface area contributed by atoms with Gasteiger partial charge in [-0.15, -0.1) is 0 Å². The number of aromatic nitrogens is 1. The molecule has 6 nitrogen and oxygen atoms in total. The molecule has 20 heavy (non-hydrogen) atoms. The fourth-order valence-electron chi connectivity index (χ4n) is 1.57. The Morgan fingerprint density at radius 2 is 1.95 bits per heavy atom. The first-order chi connectivity index (χ1) is 9.51. The van der Waals surface area contributed by atoms with E-state index in [9.17, 15) is 8.78 Å². The molecular weight excluding hydrogens is 268 g/mol. The van der Waals surface area contributed by atoms with Gasteiger partial charge in [-0.1, -0.05) is 0 Å². The molecule has 0 aliphatic rings. The van der Waals surface area contributed by atoms with Crippen LogP contribution >= 0.6 is 0 Å². The largest absolute Gasteiger partial charge is 0.486 e. The standard InChI is InChI=1S/C12H13F2N5O/c13-7-2-1-6(8(14)3-7)5-20-9-4-10(15)18-12(19-17)11(9)16/h1-4H,5,16-17H2,(H3,15,18,19). The maximum Gasteiger partial charge on any atom is 0.169 e. The van der Waals surface area contributed by atoms with Gasteiger partial charge in [-0.2, -0.15) is 0 Å². The molecule has 1 aromatic heterocycles. The van der Waals surface area contributed by atoms with Crippen molar-refractivity contribution in [1.82, 2.24) is 4.98 Å². The van der Waals surface area contributed by atoms with E-state index in [0.717, 1.165) is 12.1 Å². The normalized spacial score (nSPS) is 10.3. The fourth-order valence-corrected chi connectivity index (χ4v) is 1.57. The maximum atomic E-state index is 13.5. The summed E-state index contributed by atoms with van der Waals surface area (Å²) in [4.78, 5) is 3.85. The van der Waals surface area contributed by atoms with E-state index in [4.69, 9.17) is 22.0 Å². The molecule has 0 saturated heterocycles. The van der Waals surface area contributed by atoms with E-state index in [-0.39, 0.29) is 35.2 Å². The zero-order valence-electron chi connectivity index (χ0n) is 10.4. The van der Waals surface area contributed by atoms with Crippen LogP contribution in [0, 0.1) is 11.6 Å². The number of halogens is 2. The van der Waals surface area contributed by atoms with Gasteiger partial charge >= 0.3 is 0 Å². The minimum Gasteiger partial charge on any atom is -0.486 e. The van der Waals surface area contributed by atoms with E-state index in [1.807, 2.05) is 0 Å². The zero-order chi connectivity index (χ0) is 14.7. The van der Waals surface area contributed by atoms with Crippen LogP contribution in [0.15, 0.2) is 24.3 Å². The minimum atomic E-state index is -0.706. The van der Waals surface area contributed by atoms with Crippen molar-refractivity contribution < 1.29 is 13.5 Å². The van der Waals surface area contributed by atoms with Crippen molar-refractivity contribution in [3.8, 4) is 5.75 Å². The molecule has 1 heterocycles. The second-order valence-corrected chi connectivity index (χ2v) is 3.98. The average molecular weight is 281 g/mol. The number of nitrogens with zero attached hydrogens (tertiary/aromatic N) is 1. The van der Waals surface area contributed by atoms with Gasteiger partial charge in [-0.3, -0.25) is 0 Å². The summed E-state index contributed by atoms with van der Waals surface area (Å²) in [6.45, 7) is -0.135. The number of nitrogens with two attached hydrogens (primary N) is 3. The number of hydrazine groups is 1. The van der Waals surface area contributed by atoms with Crippen molar-refractivity contribution in [2.75, 3.05) is 16.9 Å². The second-order valence-electron chi connectivity index (χ2n) is 3.98. The summed E-state index contributed by atoms with van der Waals surface area (Å²) in [5.41, 5.74) is 13.9. The first-order valence-electron chi connectivity index (χ1n) is 5.60. The summed E-state index contributed by atoms with van der Waals surface area (Å²) in [6.07, 6.45) is 0. The molecule has 7 N–H and O–H groups in total. The quantitative estimate of drug-likeness (QED) is 0.497. The predicted octanol–water partition coefficient (Wildman–Crippen LogP) is 1.39. The smallest absolute Gasteiger partial charge is 0.169 e. The number of pyridine rings is 1. The Hall–Kier alpha value is -2.61. The zero-order valence-corrected chi connectivity index (χ0v) is 10.4. The van der Waals surface area contributed by atoms with Gasteiger partial charge in [0.1, 0.15) is 35.5 Å². The average Bonchev–Trinajstić information content (AvgIpc) is 2.41. The number of hydrogen-bond donors (Lipinski definition) is 4. The number of ether oxygens (including phenoxy) is 1. The molecule has 0 atom stereocenters. The van der Waals surface area contributed by atoms with Crippen molar-refractivity contribution in [1.29, 1.82) is 0 Å². The number of nitrogens with one attached hydrogen (secondary N) is 1. The molecule has 0 bridgehead atoms. The molecule has 0 unspecified atom stereocenters. The van der Waals surface area contributed by atoms with E-state index < -0.39 is 11.6 Å². The molecule has 2 aromatic rings. The summed E-state index contributed by atoms with van der Waals surface area (Å²) in [6, 6.07) is 4.58. The van der Waals surface area contributed by atoms with Crippen molar-refractivity contribution >= 4 is 17.3 Å². The highest BCUT2D eigenvalue weighted by atomic mass is 19.1. The molecule has 8 heteroatoms. The highest BCUT2D eigenvalue weighted by Gasteiger charge is 2.11. The number of nitrogen functional groups attached to an aromatic ring is 3. The number of hydrogen-bond acceptors (Lipinski definition) is 6. The van der Waals surface area contributed by atoms with E-state index >= 15 is 0 Å². The second kappa shape index (κ2) is 5.57. The Morgan fingerprint density at radius 3 is 2.60 bits per heavy atom. The Balaban J connectivity index is 2.20. The van der Waals surface area contributed by atoms with Crippen LogP contribution in [0.4, 0.5) is 26.1 Å². The van der Waals surface area contributed by atoms with Gasteiger partial charge in [-0.25, -0.2) is 19.6 Å². The summed E-state index contributed by atoms with van der Waals surface area (Å²) < 4.78 is 31.6. The van der Waals surface area contributed by atoms with Gasteiger partial charge in [0.15, 0.2) is 5.82 Å². The first-order valence-corrected chi connectivity index (χ1v) is 5.60. The lowest BCUT2D eigenvalue weighted by Gasteiger charge is -2.12. The third-order valence-corrected chi connectivity index (χ3v) is 2.58. The molecular formula is C12H13F2N5O. The number of rotatable bonds is 4. The molecule has 1 aromatic carbocycles. The fraction of sp³-hybridized carbons (Fsp3) is 0.0833. The van der Waals surface area contributed by atoms with Crippen LogP contribution in [-0.4, -0.2) is 4.98 Å². The van der Waals surface area contributed by atoms with Gasteiger partial charge in [0, 0.05) is 17.7 Å². The minimum absolute atomic E-state index is 0.135. The lowest BCUT2D eigenvalue weighted by Crippen LogP contribution is -2.13. The van der Waals surface area contributed by atoms with Crippen LogP contribution in [0.3, 0.4) is 0 Å². The molecule has 0 saturated carbocycles. The Morgan fingerprint density at radius 1 is 1.20 bits per heavy atom.